The van der Waals surface area contributed by atoms with E-state index in [1.54, 1.807) is 62.3 Å². The van der Waals surface area contributed by atoms with E-state index in [4.69, 9.17) is 17.2 Å². The molecular formula is C59H110N14O14. The lowest BCUT2D eigenvalue weighted by molar-refractivity contribution is -0.136. The first-order valence-electron chi connectivity index (χ1n) is 30.8. The summed E-state index contributed by atoms with van der Waals surface area (Å²) in [4.78, 5) is 162. The first-order valence-corrected chi connectivity index (χ1v) is 30.8. The zero-order valence-electron chi connectivity index (χ0n) is 54.3. The number of carbonyl (C=O) groups is 12. The van der Waals surface area contributed by atoms with Crippen molar-refractivity contribution in [3.63, 3.8) is 0 Å². The van der Waals surface area contributed by atoms with Gasteiger partial charge in [-0.1, -0.05) is 103 Å². The van der Waals surface area contributed by atoms with E-state index in [1.807, 2.05) is 34.6 Å². The Kier molecular flexibility index (Phi) is 38.5. The number of nitrogens with one attached hydrogen (secondary N) is 11. The summed E-state index contributed by atoms with van der Waals surface area (Å²) in [5.41, 5.74) is 17.3. The van der Waals surface area contributed by atoms with Crippen molar-refractivity contribution >= 4 is 70.9 Å². The Morgan fingerprint density at radius 1 is 0.368 bits per heavy atom. The molecule has 0 aromatic heterocycles. The van der Waals surface area contributed by atoms with Gasteiger partial charge in [-0.15, -0.1) is 0 Å². The molecule has 12 atom stereocenters. The molecule has 12 unspecified atom stereocenters. The van der Waals surface area contributed by atoms with Gasteiger partial charge in [0.05, 0.1) is 25.8 Å². The van der Waals surface area contributed by atoms with Crippen LogP contribution in [0, 0.1) is 41.4 Å². The average Bonchev–Trinajstić information content (AvgIpc) is 3.52. The number of rotatable bonds is 43. The highest BCUT2D eigenvalue weighted by Gasteiger charge is 2.36. The molecule has 0 bridgehead atoms. The minimum atomic E-state index is -1.54. The molecule has 28 heteroatoms. The van der Waals surface area contributed by atoms with E-state index in [0.29, 0.717) is 19.3 Å². The second-order valence-corrected chi connectivity index (χ2v) is 25.3. The largest absolute Gasteiger partial charge is 0.394 e. The van der Waals surface area contributed by atoms with Gasteiger partial charge in [-0.2, -0.15) is 0 Å². The van der Waals surface area contributed by atoms with Crippen molar-refractivity contribution in [2.45, 2.75) is 235 Å². The Bertz CT molecular complexity index is 2230. The first kappa shape index (κ1) is 80.5. The van der Waals surface area contributed by atoms with E-state index in [2.05, 4.69) is 58.5 Å². The topological polar surface area (TPSA) is 456 Å². The smallest absolute Gasteiger partial charge is 0.245 e. The standard InChI is InChI=1S/C59H110N14O14/c1-16-36(14)48(61)59(87)71-44(26-35(12)13)56(84)73-45(28-74)57(85)64-37(15)50(78)68-42(24-33(8)9)55(83)69-40(22-31(4)5)51(79)63-27-47(76)65-41(23-32(6)7)53(81)70-43(25-34(10)11)54(82)66-38(19-17-18-20-60)52(80)72-46(29-75)58(86)67-39(49(62)77)21-30(2)3/h30-46,48,74-75H,16-29,60-61H2,1-15H3,(H2,62,77)(H,63,79)(H,64,85)(H,65,76)(H,66,82)(H,67,86)(H,68,78)(H,69,83)(H,70,81)(H,71,87)(H,72,80)(H,73,84). The number of primary amides is 1. The summed E-state index contributed by atoms with van der Waals surface area (Å²) < 4.78 is 0. The Morgan fingerprint density at radius 3 is 1.03 bits per heavy atom. The summed E-state index contributed by atoms with van der Waals surface area (Å²) in [6.07, 6.45) is 2.27. The average molecular weight is 1240 g/mol. The molecule has 0 aromatic carbocycles. The highest BCUT2D eigenvalue weighted by atomic mass is 16.3. The van der Waals surface area contributed by atoms with Gasteiger partial charge >= 0.3 is 0 Å². The number of nitrogens with two attached hydrogens (primary N) is 3. The molecule has 0 aliphatic rings. The van der Waals surface area contributed by atoms with Gasteiger partial charge in [0.25, 0.3) is 0 Å². The van der Waals surface area contributed by atoms with E-state index >= 15 is 0 Å². The molecule has 19 N–H and O–H groups in total. The van der Waals surface area contributed by atoms with Crippen molar-refractivity contribution in [2.75, 3.05) is 26.3 Å². The monoisotopic (exact) mass is 1240 g/mol. The zero-order chi connectivity index (χ0) is 67.0. The van der Waals surface area contributed by atoms with Crippen LogP contribution in [0.2, 0.25) is 0 Å². The quantitative estimate of drug-likeness (QED) is 0.0300. The van der Waals surface area contributed by atoms with Gasteiger partial charge in [-0.25, -0.2) is 0 Å². The van der Waals surface area contributed by atoms with Crippen molar-refractivity contribution in [3.05, 3.63) is 0 Å². The van der Waals surface area contributed by atoms with Crippen molar-refractivity contribution in [3.8, 4) is 0 Å². The van der Waals surface area contributed by atoms with Crippen molar-refractivity contribution < 1.29 is 67.7 Å². The molecule has 0 saturated carbocycles. The summed E-state index contributed by atoms with van der Waals surface area (Å²) in [7, 11) is 0. The number of hydrogen-bond acceptors (Lipinski definition) is 16. The first-order chi connectivity index (χ1) is 40.5. The van der Waals surface area contributed by atoms with Crippen LogP contribution in [-0.4, -0.2) is 174 Å². The summed E-state index contributed by atoms with van der Waals surface area (Å²) in [5, 5.41) is 48.5. The normalized spacial score (nSPS) is 15.7. The van der Waals surface area contributed by atoms with Gasteiger partial charge in [0, 0.05) is 0 Å². The molecule has 0 heterocycles. The summed E-state index contributed by atoms with van der Waals surface area (Å²) in [6.45, 7) is 24.6. The molecule has 0 saturated heterocycles. The molecular weight excluding hydrogens is 1130 g/mol. The minimum absolute atomic E-state index is 0.0315. The number of amides is 12. The fourth-order valence-electron chi connectivity index (χ4n) is 9.01. The summed E-state index contributed by atoms with van der Waals surface area (Å²) in [5.74, 6) is -10.3. The molecule has 87 heavy (non-hydrogen) atoms. The maximum absolute atomic E-state index is 14.1. The van der Waals surface area contributed by atoms with Crippen LogP contribution < -0.4 is 75.7 Å². The molecule has 0 fully saturated rings. The van der Waals surface area contributed by atoms with Gasteiger partial charge in [0.2, 0.25) is 70.9 Å². The number of hydrogen-bond donors (Lipinski definition) is 16. The van der Waals surface area contributed by atoms with Crippen LogP contribution in [-0.2, 0) is 57.5 Å². The predicted molar refractivity (Wildman–Crippen MR) is 328 cm³/mol. The van der Waals surface area contributed by atoms with Gasteiger partial charge in [-0.05, 0) is 113 Å². The zero-order valence-corrected chi connectivity index (χ0v) is 54.3. The van der Waals surface area contributed by atoms with Gasteiger partial charge in [0.15, 0.2) is 0 Å². The van der Waals surface area contributed by atoms with Crippen LogP contribution in [0.3, 0.4) is 0 Å². The number of aliphatic hydroxyl groups is 2. The molecule has 0 spiro atoms. The highest BCUT2D eigenvalue weighted by molar-refractivity contribution is 5.99. The molecule has 0 rings (SSSR count). The van der Waals surface area contributed by atoms with E-state index in [9.17, 15) is 67.7 Å². The second-order valence-electron chi connectivity index (χ2n) is 25.3. The molecule has 500 valence electrons. The lowest BCUT2D eigenvalue weighted by Crippen LogP contribution is -2.60. The minimum Gasteiger partial charge on any atom is -0.394 e. The molecule has 0 aliphatic carbocycles. The van der Waals surface area contributed by atoms with E-state index in [0.717, 1.165) is 0 Å². The van der Waals surface area contributed by atoms with Gasteiger partial charge in [-0.3, -0.25) is 57.5 Å². The molecule has 0 radical (unpaired) electrons. The maximum Gasteiger partial charge on any atom is 0.245 e. The van der Waals surface area contributed by atoms with Crippen LogP contribution in [0.5, 0.6) is 0 Å². The fraction of sp³-hybridized carbons (Fsp3) is 0.797. The third-order valence-electron chi connectivity index (χ3n) is 14.0. The van der Waals surface area contributed by atoms with Crippen LogP contribution in [0.1, 0.15) is 168 Å². The SMILES string of the molecule is CCC(C)C(N)C(=O)NC(CC(C)C)C(=O)NC(CO)C(=O)NC(C)C(=O)NC(CC(C)C)C(=O)NC(CC(C)C)C(=O)NCC(=O)NC(CC(C)C)C(=O)NC(CC(C)C)C(=O)NC(CCCCN)C(=O)NC(CO)C(=O)NC(CC(C)C)C(N)=O. The van der Waals surface area contributed by atoms with Gasteiger partial charge in [0.1, 0.15) is 60.4 Å². The fourth-order valence-corrected chi connectivity index (χ4v) is 9.01. The molecule has 28 nitrogen and oxygen atoms in total. The van der Waals surface area contributed by atoms with Crippen LogP contribution in [0.4, 0.5) is 0 Å². The third-order valence-corrected chi connectivity index (χ3v) is 14.0. The van der Waals surface area contributed by atoms with Crippen LogP contribution in [0.25, 0.3) is 0 Å². The third kappa shape index (κ3) is 32.3. The predicted octanol–water partition coefficient (Wildman–Crippen LogP) is -1.78. The van der Waals surface area contributed by atoms with Crippen LogP contribution in [0.15, 0.2) is 0 Å². The number of carbonyl (C=O) groups excluding carboxylic acids is 12. The second kappa shape index (κ2) is 41.6. The number of aliphatic hydroxyl groups excluding tert-OH is 2. The van der Waals surface area contributed by atoms with E-state index < -0.39 is 157 Å². The Hall–Kier alpha value is -6.52. The van der Waals surface area contributed by atoms with Gasteiger partial charge < -0.3 is 85.9 Å². The summed E-state index contributed by atoms with van der Waals surface area (Å²) >= 11 is 0. The Balaban J connectivity index is 6.28. The summed E-state index contributed by atoms with van der Waals surface area (Å²) in [6, 6.07) is -13.6. The molecule has 0 aromatic rings. The molecule has 0 aliphatic heterocycles. The van der Waals surface area contributed by atoms with Crippen molar-refractivity contribution in [2.24, 2.45) is 58.6 Å². The highest BCUT2D eigenvalue weighted by Crippen LogP contribution is 2.14. The van der Waals surface area contributed by atoms with Crippen molar-refractivity contribution in [1.82, 2.24) is 58.5 Å². The Morgan fingerprint density at radius 2 is 0.667 bits per heavy atom. The molecule has 12 amide bonds. The lowest BCUT2D eigenvalue weighted by Gasteiger charge is -2.28. The number of unbranched alkanes of at least 4 members (excludes halogenated alkanes) is 1. The van der Waals surface area contributed by atoms with E-state index in [-0.39, 0.29) is 92.9 Å². The van der Waals surface area contributed by atoms with Crippen molar-refractivity contribution in [1.29, 1.82) is 0 Å². The lowest BCUT2D eigenvalue weighted by atomic mass is 9.97. The van der Waals surface area contributed by atoms with E-state index in [1.165, 1.54) is 6.92 Å². The maximum atomic E-state index is 14.1. The Labute approximate surface area is 515 Å². The van der Waals surface area contributed by atoms with Crippen LogP contribution >= 0.6 is 0 Å².